The van der Waals surface area contributed by atoms with E-state index in [0.29, 0.717) is 5.56 Å². The lowest BCUT2D eigenvalue weighted by molar-refractivity contribution is -0.385. The molecule has 5 N–H and O–H groups in total. The lowest BCUT2D eigenvalue weighted by Crippen LogP contribution is -2.32. The Bertz CT molecular complexity index is 1110. The summed E-state index contributed by atoms with van der Waals surface area (Å²) in [5, 5.41) is 19.0. The smallest absolute Gasteiger partial charge is 0.274 e. The fourth-order valence-electron chi connectivity index (χ4n) is 2.89. The van der Waals surface area contributed by atoms with Crippen molar-refractivity contribution in [2.45, 2.75) is 26.3 Å². The van der Waals surface area contributed by atoms with E-state index in [0.717, 1.165) is 11.3 Å². The molecule has 0 radical (unpaired) electrons. The van der Waals surface area contributed by atoms with E-state index in [-0.39, 0.29) is 29.7 Å². The maximum absolute atomic E-state index is 12.3. The van der Waals surface area contributed by atoms with Crippen molar-refractivity contribution in [3.63, 3.8) is 0 Å². The van der Waals surface area contributed by atoms with Gasteiger partial charge in [-0.25, -0.2) is 4.99 Å². The summed E-state index contributed by atoms with van der Waals surface area (Å²) in [6, 6.07) is 10.8. The van der Waals surface area contributed by atoms with E-state index in [1.807, 2.05) is 31.2 Å². The van der Waals surface area contributed by atoms with E-state index in [1.165, 1.54) is 12.1 Å². The Hall–Kier alpha value is -4.28. The molecule has 2 amide bonds. The molecule has 31 heavy (non-hydrogen) atoms. The number of nitro benzene ring substituents is 1. The second-order valence-electron chi connectivity index (χ2n) is 6.91. The Morgan fingerprint density at radius 1 is 1.23 bits per heavy atom. The quantitative estimate of drug-likeness (QED) is 0.248. The number of rotatable bonds is 5. The predicted molar refractivity (Wildman–Crippen MR) is 117 cm³/mol. The molecule has 0 aliphatic carbocycles. The van der Waals surface area contributed by atoms with E-state index in [2.05, 4.69) is 25.9 Å². The minimum absolute atomic E-state index is 0.00708. The molecular formula is C20H21N7O4. The highest BCUT2D eigenvalue weighted by Gasteiger charge is 2.29. The fourth-order valence-corrected chi connectivity index (χ4v) is 2.89. The van der Waals surface area contributed by atoms with Gasteiger partial charge in [0.1, 0.15) is 6.04 Å². The summed E-state index contributed by atoms with van der Waals surface area (Å²) in [6.07, 6.45) is -0.252. The maximum Gasteiger partial charge on any atom is 0.274 e. The first kappa shape index (κ1) is 21.4. The number of anilines is 2. The molecule has 1 heterocycles. The molecule has 1 atom stereocenters. The molecule has 0 fully saturated rings. The summed E-state index contributed by atoms with van der Waals surface area (Å²) >= 11 is 0. The van der Waals surface area contributed by atoms with Crippen molar-refractivity contribution in [2.75, 3.05) is 10.6 Å². The van der Waals surface area contributed by atoms with Gasteiger partial charge in [0.2, 0.25) is 17.8 Å². The van der Waals surface area contributed by atoms with E-state index in [9.17, 15) is 19.7 Å². The van der Waals surface area contributed by atoms with Gasteiger partial charge in [0, 0.05) is 23.0 Å². The van der Waals surface area contributed by atoms with Crippen LogP contribution in [-0.4, -0.2) is 34.7 Å². The number of carbonyl (C=O) groups excluding carboxylic acids is 2. The van der Waals surface area contributed by atoms with Crippen LogP contribution >= 0.6 is 0 Å². The van der Waals surface area contributed by atoms with Crippen LogP contribution in [0.15, 0.2) is 52.4 Å². The highest BCUT2D eigenvalue weighted by Crippen LogP contribution is 2.22. The maximum atomic E-state index is 12.3. The monoisotopic (exact) mass is 423 g/mol. The molecule has 1 unspecified atom stereocenters. The number of hydrogen-bond acceptors (Lipinski definition) is 6. The lowest BCUT2D eigenvalue weighted by atomic mass is 10.1. The first-order valence-corrected chi connectivity index (χ1v) is 9.33. The Morgan fingerprint density at radius 2 is 1.97 bits per heavy atom. The third kappa shape index (κ3) is 5.41. The molecule has 0 spiro atoms. The molecule has 11 heteroatoms. The molecule has 0 saturated heterocycles. The number of amides is 2. The standard InChI is InChI=1S/C20H21N7O4/c1-11-5-3-4-6-14(11)23-19(21)26-20-24-15(18(29)25-20)10-17(28)22-13-8-7-12(2)16(9-13)27(30)31/h3-9,15H,10H2,1-2H3,(H,22,28)(H4,21,23,24,25,26,29). The largest absolute Gasteiger partial charge is 0.369 e. The summed E-state index contributed by atoms with van der Waals surface area (Å²) in [6.45, 7) is 3.50. The molecule has 1 aliphatic rings. The summed E-state index contributed by atoms with van der Waals surface area (Å²) in [4.78, 5) is 43.1. The van der Waals surface area contributed by atoms with Crippen LogP contribution in [0.3, 0.4) is 0 Å². The molecular weight excluding hydrogens is 402 g/mol. The number of carbonyl (C=O) groups is 2. The topological polar surface area (TPSA) is 164 Å². The van der Waals surface area contributed by atoms with Crippen molar-refractivity contribution in [3.8, 4) is 0 Å². The van der Waals surface area contributed by atoms with Crippen molar-refractivity contribution in [3.05, 3.63) is 63.7 Å². The van der Waals surface area contributed by atoms with Crippen molar-refractivity contribution in [1.29, 1.82) is 0 Å². The number of aliphatic imine (C=N–C) groups is 2. The van der Waals surface area contributed by atoms with E-state index >= 15 is 0 Å². The molecule has 0 aromatic heterocycles. The first-order chi connectivity index (χ1) is 14.7. The zero-order chi connectivity index (χ0) is 22.5. The Balaban J connectivity index is 1.64. The third-order valence-corrected chi connectivity index (χ3v) is 4.52. The number of nitrogens with zero attached hydrogens (tertiary/aromatic N) is 3. The van der Waals surface area contributed by atoms with E-state index in [4.69, 9.17) is 5.73 Å². The summed E-state index contributed by atoms with van der Waals surface area (Å²) in [7, 11) is 0. The van der Waals surface area contributed by atoms with E-state index in [1.54, 1.807) is 13.0 Å². The second kappa shape index (κ2) is 9.03. The number of hydrogen-bond donors (Lipinski definition) is 4. The summed E-state index contributed by atoms with van der Waals surface area (Å²) < 4.78 is 0. The number of nitrogens with one attached hydrogen (secondary N) is 3. The van der Waals surface area contributed by atoms with Crippen LogP contribution in [-0.2, 0) is 9.59 Å². The van der Waals surface area contributed by atoms with Crippen LogP contribution in [0.2, 0.25) is 0 Å². The molecule has 11 nitrogen and oxygen atoms in total. The number of aryl methyl sites for hydroxylation is 2. The third-order valence-electron chi connectivity index (χ3n) is 4.52. The molecule has 1 aliphatic heterocycles. The lowest BCUT2D eigenvalue weighted by Gasteiger charge is -2.07. The van der Waals surface area contributed by atoms with Gasteiger partial charge >= 0.3 is 0 Å². The van der Waals surface area contributed by atoms with Crippen LogP contribution in [0, 0.1) is 24.0 Å². The molecule has 0 saturated carbocycles. The van der Waals surface area contributed by atoms with Crippen LogP contribution in [0.1, 0.15) is 17.5 Å². The van der Waals surface area contributed by atoms with Crippen molar-refractivity contribution in [2.24, 2.45) is 15.7 Å². The zero-order valence-electron chi connectivity index (χ0n) is 16.9. The van der Waals surface area contributed by atoms with Crippen LogP contribution in [0.25, 0.3) is 0 Å². The van der Waals surface area contributed by atoms with Gasteiger partial charge in [-0.1, -0.05) is 24.3 Å². The SMILES string of the molecule is Cc1ccccc1N/C(N)=N/C1=NC(CC(=O)Nc2ccc(C)c([N+](=O)[O-])c2)C(=O)N1. The van der Waals surface area contributed by atoms with Gasteiger partial charge in [-0.15, -0.1) is 0 Å². The van der Waals surface area contributed by atoms with Gasteiger partial charge in [0.15, 0.2) is 0 Å². The minimum Gasteiger partial charge on any atom is -0.369 e. The molecule has 3 rings (SSSR count). The highest BCUT2D eigenvalue weighted by atomic mass is 16.6. The van der Waals surface area contributed by atoms with Gasteiger partial charge in [0.25, 0.3) is 11.6 Å². The predicted octanol–water partition coefficient (Wildman–Crippen LogP) is 1.82. The number of guanidine groups is 2. The summed E-state index contributed by atoms with van der Waals surface area (Å²) in [5.74, 6) is -0.983. The molecule has 2 aromatic rings. The minimum atomic E-state index is -0.981. The number of nitrogens with two attached hydrogens (primary N) is 1. The van der Waals surface area contributed by atoms with Crippen molar-refractivity contribution >= 4 is 40.8 Å². The normalized spacial score (nSPS) is 15.8. The fraction of sp³-hybridized carbons (Fsp3) is 0.200. The molecule has 160 valence electrons. The van der Waals surface area contributed by atoms with Crippen molar-refractivity contribution < 1.29 is 14.5 Å². The second-order valence-corrected chi connectivity index (χ2v) is 6.91. The molecule has 2 aromatic carbocycles. The Kier molecular flexibility index (Phi) is 6.24. The average Bonchev–Trinajstić information content (AvgIpc) is 3.03. The Labute approximate surface area is 177 Å². The average molecular weight is 423 g/mol. The van der Waals surface area contributed by atoms with Gasteiger partial charge in [0.05, 0.1) is 11.3 Å². The van der Waals surface area contributed by atoms with Gasteiger partial charge in [-0.2, -0.15) is 4.99 Å². The number of nitro groups is 1. The molecule has 0 bridgehead atoms. The Morgan fingerprint density at radius 3 is 2.68 bits per heavy atom. The highest BCUT2D eigenvalue weighted by molar-refractivity contribution is 6.11. The zero-order valence-corrected chi connectivity index (χ0v) is 16.9. The van der Waals surface area contributed by atoms with Crippen LogP contribution in [0.5, 0.6) is 0 Å². The van der Waals surface area contributed by atoms with Crippen LogP contribution in [0.4, 0.5) is 17.1 Å². The van der Waals surface area contributed by atoms with Gasteiger partial charge < -0.3 is 16.4 Å². The van der Waals surface area contributed by atoms with E-state index < -0.39 is 22.8 Å². The van der Waals surface area contributed by atoms with Crippen molar-refractivity contribution in [1.82, 2.24) is 5.32 Å². The van der Waals surface area contributed by atoms with Crippen LogP contribution < -0.4 is 21.7 Å². The first-order valence-electron chi connectivity index (χ1n) is 9.33. The number of benzene rings is 2. The summed E-state index contributed by atoms with van der Waals surface area (Å²) in [5.41, 5.74) is 8.22. The van der Waals surface area contributed by atoms with Gasteiger partial charge in [-0.05, 0) is 31.5 Å². The number of para-hydroxylation sites is 1. The van der Waals surface area contributed by atoms with Gasteiger partial charge in [-0.3, -0.25) is 25.0 Å².